The van der Waals surface area contributed by atoms with E-state index in [4.69, 9.17) is 4.74 Å². The van der Waals surface area contributed by atoms with Crippen molar-refractivity contribution in [2.75, 3.05) is 18.0 Å². The third-order valence-electron chi connectivity index (χ3n) is 3.02. The molecule has 3 nitrogen and oxygen atoms in total. The van der Waals surface area contributed by atoms with Crippen molar-refractivity contribution in [2.45, 2.75) is 39.2 Å². The van der Waals surface area contributed by atoms with Crippen LogP contribution >= 0.6 is 15.9 Å². The van der Waals surface area contributed by atoms with Gasteiger partial charge in [0.15, 0.2) is 0 Å². The fourth-order valence-corrected chi connectivity index (χ4v) is 2.60. The fourth-order valence-electron chi connectivity index (χ4n) is 2.24. The van der Waals surface area contributed by atoms with Crippen LogP contribution in [0.3, 0.4) is 0 Å². The van der Waals surface area contributed by atoms with Gasteiger partial charge in [-0.05, 0) is 51.8 Å². The standard InChI is InChI=1S/C15H20BrNO2/c1-15(2,3)19-14(18)12-10-11(16)6-7-13(12)17-8-4-5-9-17/h6-7,10H,4-5,8-9H2,1-3H3. The molecule has 0 atom stereocenters. The summed E-state index contributed by atoms with van der Waals surface area (Å²) in [6.07, 6.45) is 2.37. The highest BCUT2D eigenvalue weighted by Crippen LogP contribution is 2.29. The van der Waals surface area contributed by atoms with E-state index in [0.717, 1.165) is 23.2 Å². The minimum atomic E-state index is -0.471. The average molecular weight is 326 g/mol. The first kappa shape index (κ1) is 14.4. The van der Waals surface area contributed by atoms with Gasteiger partial charge in [0, 0.05) is 17.6 Å². The van der Waals surface area contributed by atoms with Gasteiger partial charge in [-0.2, -0.15) is 0 Å². The highest BCUT2D eigenvalue weighted by Gasteiger charge is 2.24. The maximum absolute atomic E-state index is 12.3. The van der Waals surface area contributed by atoms with Crippen molar-refractivity contribution in [3.8, 4) is 0 Å². The van der Waals surface area contributed by atoms with Crippen LogP contribution in [0.5, 0.6) is 0 Å². The Hall–Kier alpha value is -1.03. The SMILES string of the molecule is CC(C)(C)OC(=O)c1cc(Br)ccc1N1CCCC1. The van der Waals surface area contributed by atoms with Crippen LogP contribution in [0.1, 0.15) is 44.0 Å². The molecule has 0 spiro atoms. The Morgan fingerprint density at radius 2 is 1.89 bits per heavy atom. The largest absolute Gasteiger partial charge is 0.456 e. The van der Waals surface area contributed by atoms with E-state index in [0.29, 0.717) is 5.56 Å². The molecule has 1 fully saturated rings. The normalized spacial score (nSPS) is 15.7. The molecule has 0 amide bonds. The topological polar surface area (TPSA) is 29.5 Å². The molecule has 1 aliphatic rings. The number of ether oxygens (including phenoxy) is 1. The molecule has 1 aliphatic heterocycles. The predicted octanol–water partition coefficient (Wildman–Crippen LogP) is 4.00. The molecule has 0 unspecified atom stereocenters. The Morgan fingerprint density at radius 3 is 2.47 bits per heavy atom. The van der Waals surface area contributed by atoms with Crippen molar-refractivity contribution >= 4 is 27.6 Å². The van der Waals surface area contributed by atoms with Gasteiger partial charge in [-0.3, -0.25) is 0 Å². The van der Waals surface area contributed by atoms with Crippen LogP contribution in [0.2, 0.25) is 0 Å². The lowest BCUT2D eigenvalue weighted by Gasteiger charge is -2.24. The molecule has 0 aliphatic carbocycles. The lowest BCUT2D eigenvalue weighted by atomic mass is 10.1. The smallest absolute Gasteiger partial charge is 0.340 e. The minimum absolute atomic E-state index is 0.254. The van der Waals surface area contributed by atoms with E-state index in [2.05, 4.69) is 20.8 Å². The molecular formula is C15H20BrNO2. The zero-order valence-electron chi connectivity index (χ0n) is 11.7. The van der Waals surface area contributed by atoms with E-state index in [1.165, 1.54) is 12.8 Å². The van der Waals surface area contributed by atoms with Crippen molar-refractivity contribution < 1.29 is 9.53 Å². The Labute approximate surface area is 123 Å². The van der Waals surface area contributed by atoms with Gasteiger partial charge >= 0.3 is 5.97 Å². The Kier molecular flexibility index (Phi) is 4.19. The molecule has 0 bridgehead atoms. The van der Waals surface area contributed by atoms with Gasteiger partial charge in [-0.1, -0.05) is 15.9 Å². The van der Waals surface area contributed by atoms with Crippen LogP contribution in [-0.2, 0) is 4.74 Å². The third kappa shape index (κ3) is 3.72. The zero-order chi connectivity index (χ0) is 14.0. The van der Waals surface area contributed by atoms with Crippen LogP contribution in [0.4, 0.5) is 5.69 Å². The number of rotatable bonds is 2. The summed E-state index contributed by atoms with van der Waals surface area (Å²) >= 11 is 3.43. The first-order valence-corrected chi connectivity index (χ1v) is 7.44. The summed E-state index contributed by atoms with van der Waals surface area (Å²) in [6.45, 7) is 7.68. The molecule has 1 aromatic carbocycles. The van der Waals surface area contributed by atoms with Crippen molar-refractivity contribution in [2.24, 2.45) is 0 Å². The van der Waals surface area contributed by atoms with Crippen molar-refractivity contribution in [1.29, 1.82) is 0 Å². The molecule has 0 aromatic heterocycles. The van der Waals surface area contributed by atoms with Gasteiger partial charge in [0.2, 0.25) is 0 Å². The van der Waals surface area contributed by atoms with E-state index in [1.807, 2.05) is 39.0 Å². The number of esters is 1. The molecule has 1 aromatic rings. The number of anilines is 1. The number of benzene rings is 1. The summed E-state index contributed by atoms with van der Waals surface area (Å²) in [6, 6.07) is 5.82. The van der Waals surface area contributed by atoms with Crippen LogP contribution in [0.25, 0.3) is 0 Å². The van der Waals surface area contributed by atoms with E-state index >= 15 is 0 Å². The van der Waals surface area contributed by atoms with E-state index in [9.17, 15) is 4.79 Å². The van der Waals surface area contributed by atoms with Gasteiger partial charge in [-0.15, -0.1) is 0 Å². The lowest BCUT2D eigenvalue weighted by Crippen LogP contribution is -2.26. The highest BCUT2D eigenvalue weighted by molar-refractivity contribution is 9.10. The fraction of sp³-hybridized carbons (Fsp3) is 0.533. The summed E-state index contributed by atoms with van der Waals surface area (Å²) in [5.41, 5.74) is 1.16. The van der Waals surface area contributed by atoms with E-state index in [1.54, 1.807) is 0 Å². The van der Waals surface area contributed by atoms with Crippen LogP contribution in [-0.4, -0.2) is 24.7 Å². The number of hydrogen-bond acceptors (Lipinski definition) is 3. The van der Waals surface area contributed by atoms with Crippen molar-refractivity contribution in [1.82, 2.24) is 0 Å². The lowest BCUT2D eigenvalue weighted by molar-refractivity contribution is 0.00703. The zero-order valence-corrected chi connectivity index (χ0v) is 13.3. The van der Waals surface area contributed by atoms with E-state index in [-0.39, 0.29) is 5.97 Å². The second kappa shape index (κ2) is 5.53. The van der Waals surface area contributed by atoms with Crippen LogP contribution in [0, 0.1) is 0 Å². The second-order valence-corrected chi connectivity index (χ2v) is 6.77. The number of nitrogens with zero attached hydrogens (tertiary/aromatic N) is 1. The molecule has 1 saturated heterocycles. The Balaban J connectivity index is 2.31. The monoisotopic (exact) mass is 325 g/mol. The van der Waals surface area contributed by atoms with Gasteiger partial charge < -0.3 is 9.64 Å². The van der Waals surface area contributed by atoms with Crippen LogP contribution in [0.15, 0.2) is 22.7 Å². The minimum Gasteiger partial charge on any atom is -0.456 e. The number of hydrogen-bond donors (Lipinski definition) is 0. The summed E-state index contributed by atoms with van der Waals surface area (Å²) in [5, 5.41) is 0. The first-order chi connectivity index (χ1) is 8.87. The number of halogens is 1. The number of carbonyl (C=O) groups excluding carboxylic acids is 1. The van der Waals surface area contributed by atoms with Gasteiger partial charge in [0.1, 0.15) is 5.60 Å². The summed E-state index contributed by atoms with van der Waals surface area (Å²) in [5.74, 6) is -0.254. The molecule has 104 valence electrons. The summed E-state index contributed by atoms with van der Waals surface area (Å²) < 4.78 is 6.39. The van der Waals surface area contributed by atoms with E-state index < -0.39 is 5.60 Å². The Morgan fingerprint density at radius 1 is 1.26 bits per heavy atom. The molecule has 0 radical (unpaired) electrons. The summed E-state index contributed by atoms with van der Waals surface area (Å²) in [7, 11) is 0. The molecule has 4 heteroatoms. The Bertz CT molecular complexity index is 474. The van der Waals surface area contributed by atoms with Crippen LogP contribution < -0.4 is 4.90 Å². The molecule has 19 heavy (non-hydrogen) atoms. The molecule has 0 N–H and O–H groups in total. The molecular weight excluding hydrogens is 306 g/mol. The maximum Gasteiger partial charge on any atom is 0.340 e. The maximum atomic E-state index is 12.3. The molecule has 2 rings (SSSR count). The first-order valence-electron chi connectivity index (χ1n) is 6.65. The van der Waals surface area contributed by atoms with Crippen molar-refractivity contribution in [3.05, 3.63) is 28.2 Å². The average Bonchev–Trinajstić information content (AvgIpc) is 2.80. The molecule has 1 heterocycles. The summed E-state index contributed by atoms with van der Waals surface area (Å²) in [4.78, 5) is 14.6. The third-order valence-corrected chi connectivity index (χ3v) is 3.52. The predicted molar refractivity (Wildman–Crippen MR) is 80.8 cm³/mol. The highest BCUT2D eigenvalue weighted by atomic mass is 79.9. The molecule has 0 saturated carbocycles. The quantitative estimate of drug-likeness (QED) is 0.769. The van der Waals surface area contributed by atoms with Gasteiger partial charge in [0.05, 0.1) is 11.3 Å². The van der Waals surface area contributed by atoms with Gasteiger partial charge in [0.25, 0.3) is 0 Å². The van der Waals surface area contributed by atoms with Crippen molar-refractivity contribution in [3.63, 3.8) is 0 Å². The number of carbonyl (C=O) groups is 1. The second-order valence-electron chi connectivity index (χ2n) is 5.86. The van der Waals surface area contributed by atoms with Gasteiger partial charge in [-0.25, -0.2) is 4.79 Å².